The van der Waals surface area contributed by atoms with Crippen molar-refractivity contribution in [3.63, 3.8) is 0 Å². The molecule has 0 fully saturated rings. The lowest BCUT2D eigenvalue weighted by Crippen LogP contribution is -1.92. The minimum absolute atomic E-state index is 0.498. The molecule has 2 heteroatoms. The van der Waals surface area contributed by atoms with Crippen LogP contribution in [0.3, 0.4) is 0 Å². The highest BCUT2D eigenvalue weighted by Gasteiger charge is 2.00. The molecule has 2 aromatic carbocycles. The van der Waals surface area contributed by atoms with E-state index in [-0.39, 0.29) is 0 Å². The van der Waals surface area contributed by atoms with E-state index in [2.05, 4.69) is 55.5 Å². The number of methoxy groups -OCH3 is 1. The number of thioether (sulfide) groups is 1. The van der Waals surface area contributed by atoms with E-state index >= 15 is 0 Å². The van der Waals surface area contributed by atoms with Crippen molar-refractivity contribution in [1.82, 2.24) is 0 Å². The Labute approximate surface area is 125 Å². The summed E-state index contributed by atoms with van der Waals surface area (Å²) in [7, 11) is 1.69. The van der Waals surface area contributed by atoms with Gasteiger partial charge in [0.1, 0.15) is 5.75 Å². The molecule has 0 aliphatic heterocycles. The molecule has 0 saturated heterocycles. The molecule has 0 heterocycles. The fourth-order valence-electron chi connectivity index (χ4n) is 1.82. The smallest absolute Gasteiger partial charge is 0.118 e. The van der Waals surface area contributed by atoms with E-state index in [0.717, 1.165) is 11.5 Å². The Bertz CT molecular complexity index is 531. The number of ether oxygens (including phenoxy) is 1. The van der Waals surface area contributed by atoms with Gasteiger partial charge in [-0.15, -0.1) is 11.8 Å². The Morgan fingerprint density at radius 2 is 1.75 bits per heavy atom. The van der Waals surface area contributed by atoms with Crippen LogP contribution in [0.1, 0.15) is 18.1 Å². The van der Waals surface area contributed by atoms with Crippen molar-refractivity contribution in [3.8, 4) is 5.75 Å². The molecule has 1 unspecified atom stereocenters. The summed E-state index contributed by atoms with van der Waals surface area (Å²) >= 11 is 1.93. The second-order valence-corrected chi connectivity index (χ2v) is 6.00. The predicted molar refractivity (Wildman–Crippen MR) is 89.2 cm³/mol. The van der Waals surface area contributed by atoms with Gasteiger partial charge in [-0.1, -0.05) is 54.6 Å². The predicted octanol–water partition coefficient (Wildman–Crippen LogP) is 5.03. The molecular formula is C18H20OS. The van der Waals surface area contributed by atoms with E-state index in [0.29, 0.717) is 5.25 Å². The molecule has 20 heavy (non-hydrogen) atoms. The largest absolute Gasteiger partial charge is 0.497 e. The maximum absolute atomic E-state index is 5.16. The number of rotatable bonds is 6. The second-order valence-electron chi connectivity index (χ2n) is 4.63. The Morgan fingerprint density at radius 3 is 2.40 bits per heavy atom. The molecule has 0 aliphatic rings. The first kappa shape index (κ1) is 14.7. The van der Waals surface area contributed by atoms with Crippen molar-refractivity contribution >= 4 is 17.8 Å². The Kier molecular flexibility index (Phi) is 5.75. The van der Waals surface area contributed by atoms with Gasteiger partial charge in [-0.2, -0.15) is 0 Å². The van der Waals surface area contributed by atoms with E-state index < -0.39 is 0 Å². The Balaban J connectivity index is 1.82. The molecule has 0 amide bonds. The van der Waals surface area contributed by atoms with E-state index in [1.165, 1.54) is 11.1 Å². The summed E-state index contributed by atoms with van der Waals surface area (Å²) in [6.07, 6.45) is 4.44. The van der Waals surface area contributed by atoms with E-state index in [1.807, 2.05) is 30.0 Å². The summed E-state index contributed by atoms with van der Waals surface area (Å²) in [5.74, 6) is 1.93. The number of hydrogen-bond acceptors (Lipinski definition) is 2. The van der Waals surface area contributed by atoms with Gasteiger partial charge >= 0.3 is 0 Å². The number of hydrogen-bond donors (Lipinski definition) is 0. The Hall–Kier alpha value is -1.67. The van der Waals surface area contributed by atoms with Gasteiger partial charge in [0, 0.05) is 11.0 Å². The zero-order chi connectivity index (χ0) is 14.2. The van der Waals surface area contributed by atoms with Gasteiger partial charge in [0.25, 0.3) is 0 Å². The van der Waals surface area contributed by atoms with Gasteiger partial charge in [0.2, 0.25) is 0 Å². The molecule has 104 valence electrons. The molecule has 0 bridgehead atoms. The topological polar surface area (TPSA) is 9.23 Å². The third-order valence-electron chi connectivity index (χ3n) is 3.03. The average Bonchev–Trinajstić information content (AvgIpc) is 2.52. The van der Waals surface area contributed by atoms with Crippen LogP contribution < -0.4 is 4.74 Å². The third-order valence-corrected chi connectivity index (χ3v) is 4.21. The van der Waals surface area contributed by atoms with Crippen LogP contribution in [0, 0.1) is 0 Å². The van der Waals surface area contributed by atoms with Crippen LogP contribution in [0.2, 0.25) is 0 Å². The molecule has 0 saturated carbocycles. The van der Waals surface area contributed by atoms with E-state index in [1.54, 1.807) is 7.11 Å². The van der Waals surface area contributed by atoms with Gasteiger partial charge in [-0.05, 0) is 30.2 Å². The minimum atomic E-state index is 0.498. The number of benzene rings is 2. The van der Waals surface area contributed by atoms with Crippen LogP contribution in [-0.2, 0) is 5.75 Å². The van der Waals surface area contributed by atoms with Crippen LogP contribution in [0.5, 0.6) is 5.75 Å². The summed E-state index contributed by atoms with van der Waals surface area (Å²) in [4.78, 5) is 0. The van der Waals surface area contributed by atoms with Crippen molar-refractivity contribution < 1.29 is 4.74 Å². The summed E-state index contributed by atoms with van der Waals surface area (Å²) in [6, 6.07) is 18.7. The fourth-order valence-corrected chi connectivity index (χ4v) is 2.65. The first-order valence-corrected chi connectivity index (χ1v) is 7.80. The maximum Gasteiger partial charge on any atom is 0.118 e. The van der Waals surface area contributed by atoms with E-state index in [4.69, 9.17) is 4.74 Å². The summed E-state index contributed by atoms with van der Waals surface area (Å²) < 4.78 is 5.16. The molecule has 0 spiro atoms. The highest BCUT2D eigenvalue weighted by Crippen LogP contribution is 2.21. The third kappa shape index (κ3) is 4.78. The van der Waals surface area contributed by atoms with Crippen molar-refractivity contribution in [2.24, 2.45) is 0 Å². The zero-order valence-electron chi connectivity index (χ0n) is 12.0. The van der Waals surface area contributed by atoms with Crippen molar-refractivity contribution in [1.29, 1.82) is 0 Å². The van der Waals surface area contributed by atoms with Crippen molar-refractivity contribution in [3.05, 3.63) is 71.8 Å². The molecule has 0 aromatic heterocycles. The maximum atomic E-state index is 5.16. The molecule has 0 aliphatic carbocycles. The first-order valence-electron chi connectivity index (χ1n) is 6.76. The fraction of sp³-hybridized carbons (Fsp3) is 0.222. The quantitative estimate of drug-likeness (QED) is 0.735. The highest BCUT2D eigenvalue weighted by molar-refractivity contribution is 7.99. The lowest BCUT2D eigenvalue weighted by atomic mass is 10.2. The van der Waals surface area contributed by atoms with Crippen molar-refractivity contribution in [2.45, 2.75) is 17.9 Å². The summed E-state index contributed by atoms with van der Waals surface area (Å²) in [5.41, 5.74) is 2.58. The average molecular weight is 284 g/mol. The van der Waals surface area contributed by atoms with Crippen LogP contribution >= 0.6 is 11.8 Å². The highest BCUT2D eigenvalue weighted by atomic mass is 32.2. The Morgan fingerprint density at radius 1 is 1.05 bits per heavy atom. The monoisotopic (exact) mass is 284 g/mol. The molecule has 0 radical (unpaired) electrons. The lowest BCUT2D eigenvalue weighted by Gasteiger charge is -2.07. The molecule has 2 rings (SSSR count). The second kappa shape index (κ2) is 7.81. The summed E-state index contributed by atoms with van der Waals surface area (Å²) in [6.45, 7) is 2.23. The molecule has 0 N–H and O–H groups in total. The molecule has 1 nitrogen and oxygen atoms in total. The standard InChI is InChI=1S/C18H20OS/c1-15(8-9-16-6-4-3-5-7-16)20-14-17-10-12-18(19-2)13-11-17/h3-13,15H,14H2,1-2H3/b9-8+. The van der Waals surface area contributed by atoms with Crippen LogP contribution in [0.25, 0.3) is 6.08 Å². The van der Waals surface area contributed by atoms with Gasteiger partial charge in [0.05, 0.1) is 7.11 Å². The van der Waals surface area contributed by atoms with Gasteiger partial charge < -0.3 is 4.74 Å². The first-order chi connectivity index (χ1) is 9.78. The zero-order valence-corrected chi connectivity index (χ0v) is 12.8. The SMILES string of the molecule is COc1ccc(CSC(C)/C=C/c2ccccc2)cc1. The molecule has 1 atom stereocenters. The van der Waals surface area contributed by atoms with Crippen molar-refractivity contribution in [2.75, 3.05) is 7.11 Å². The van der Waals surface area contributed by atoms with Crippen LogP contribution in [-0.4, -0.2) is 12.4 Å². The van der Waals surface area contributed by atoms with Gasteiger partial charge in [-0.25, -0.2) is 0 Å². The van der Waals surface area contributed by atoms with Crippen LogP contribution in [0.15, 0.2) is 60.7 Å². The lowest BCUT2D eigenvalue weighted by molar-refractivity contribution is 0.414. The van der Waals surface area contributed by atoms with Crippen LogP contribution in [0.4, 0.5) is 0 Å². The van der Waals surface area contributed by atoms with Gasteiger partial charge in [-0.3, -0.25) is 0 Å². The van der Waals surface area contributed by atoms with Gasteiger partial charge in [0.15, 0.2) is 0 Å². The molecular weight excluding hydrogens is 264 g/mol. The normalized spacial score (nSPS) is 12.5. The van der Waals surface area contributed by atoms with E-state index in [9.17, 15) is 0 Å². The molecule has 2 aromatic rings. The summed E-state index contributed by atoms with van der Waals surface area (Å²) in [5, 5.41) is 0.498. The minimum Gasteiger partial charge on any atom is -0.497 e.